The van der Waals surface area contributed by atoms with Crippen LogP contribution in [0.4, 0.5) is 4.39 Å². The highest BCUT2D eigenvalue weighted by Gasteiger charge is 2.21. The molecule has 4 rings (SSSR count). The van der Waals surface area contributed by atoms with E-state index in [0.29, 0.717) is 11.5 Å². The van der Waals surface area contributed by atoms with Gasteiger partial charge in [-0.25, -0.2) is 9.37 Å². The second-order valence-electron chi connectivity index (χ2n) is 5.83. The summed E-state index contributed by atoms with van der Waals surface area (Å²) in [5, 5.41) is 0. The van der Waals surface area contributed by atoms with E-state index in [4.69, 9.17) is 4.42 Å². The molecular weight excluding hydrogens is 303 g/mol. The van der Waals surface area contributed by atoms with Crippen LogP contribution in [0.25, 0.3) is 33.8 Å². The molecule has 0 spiro atoms. The Morgan fingerprint density at radius 2 is 1.75 bits per heavy atom. The number of aryl methyl sites for hydroxylation is 2. The van der Waals surface area contributed by atoms with Gasteiger partial charge in [-0.15, -0.1) is 0 Å². The molecule has 0 fully saturated rings. The number of oxazole rings is 1. The Balaban J connectivity index is 1.96. The fourth-order valence-electron chi connectivity index (χ4n) is 2.91. The Morgan fingerprint density at radius 3 is 2.50 bits per heavy atom. The maximum atomic E-state index is 13.1. The lowest BCUT2D eigenvalue weighted by atomic mass is 10.0. The fourth-order valence-corrected chi connectivity index (χ4v) is 2.91. The number of pyridine rings is 1. The molecule has 0 amide bonds. The lowest BCUT2D eigenvalue weighted by molar-refractivity contribution is -0.659. The number of rotatable bonds is 2. The molecule has 118 valence electrons. The molecule has 2 aromatic carbocycles. The molecule has 4 heteroatoms. The van der Waals surface area contributed by atoms with Crippen LogP contribution in [-0.4, -0.2) is 4.98 Å². The molecule has 0 aliphatic heterocycles. The predicted molar refractivity (Wildman–Crippen MR) is 90.8 cm³/mol. The van der Waals surface area contributed by atoms with E-state index in [0.717, 1.165) is 22.3 Å². The van der Waals surface area contributed by atoms with Gasteiger partial charge < -0.3 is 4.42 Å². The van der Waals surface area contributed by atoms with Crippen LogP contribution in [0.1, 0.15) is 5.56 Å². The fraction of sp³-hybridized carbons (Fsp3) is 0.100. The van der Waals surface area contributed by atoms with Gasteiger partial charge in [-0.05, 0) is 42.8 Å². The van der Waals surface area contributed by atoms with Crippen LogP contribution in [-0.2, 0) is 7.05 Å². The molecule has 0 radical (unpaired) electrons. The molecule has 0 aliphatic rings. The Kier molecular flexibility index (Phi) is 3.38. The van der Waals surface area contributed by atoms with Gasteiger partial charge in [0.1, 0.15) is 12.9 Å². The molecule has 0 aliphatic carbocycles. The Bertz CT molecular complexity index is 1040. The Hall–Kier alpha value is -3.01. The third kappa shape index (κ3) is 2.36. The van der Waals surface area contributed by atoms with Crippen LogP contribution < -0.4 is 4.57 Å². The van der Waals surface area contributed by atoms with Crippen LogP contribution >= 0.6 is 0 Å². The zero-order chi connectivity index (χ0) is 16.7. The highest BCUT2D eigenvalue weighted by atomic mass is 19.1. The van der Waals surface area contributed by atoms with E-state index in [1.165, 1.54) is 17.7 Å². The topological polar surface area (TPSA) is 29.9 Å². The van der Waals surface area contributed by atoms with Crippen molar-refractivity contribution in [3.05, 3.63) is 72.2 Å². The standard InChI is InChI=1S/C20H16FN2O/c1-13-5-3-4-6-16(13)19-18-17(11-12-23(19)2)24-20(22-18)14-7-9-15(21)10-8-14/h3-12H,1-2H3/q+1. The predicted octanol–water partition coefficient (Wildman–Crippen LogP) is 4.43. The van der Waals surface area contributed by atoms with Crippen molar-refractivity contribution in [1.29, 1.82) is 0 Å². The number of hydrogen-bond acceptors (Lipinski definition) is 2. The number of halogens is 1. The maximum Gasteiger partial charge on any atom is 0.242 e. The Morgan fingerprint density at radius 1 is 1.00 bits per heavy atom. The monoisotopic (exact) mass is 319 g/mol. The highest BCUT2D eigenvalue weighted by Crippen LogP contribution is 2.30. The summed E-state index contributed by atoms with van der Waals surface area (Å²) in [4.78, 5) is 4.68. The average molecular weight is 319 g/mol. The molecule has 0 N–H and O–H groups in total. The van der Waals surface area contributed by atoms with Crippen molar-refractivity contribution in [1.82, 2.24) is 4.98 Å². The van der Waals surface area contributed by atoms with E-state index in [9.17, 15) is 4.39 Å². The van der Waals surface area contributed by atoms with Crippen molar-refractivity contribution < 1.29 is 13.4 Å². The zero-order valence-corrected chi connectivity index (χ0v) is 13.5. The van der Waals surface area contributed by atoms with E-state index in [1.807, 2.05) is 36.0 Å². The summed E-state index contributed by atoms with van der Waals surface area (Å²) in [5.74, 6) is 0.216. The highest BCUT2D eigenvalue weighted by molar-refractivity contribution is 5.88. The van der Waals surface area contributed by atoms with Crippen molar-refractivity contribution in [2.24, 2.45) is 7.05 Å². The largest absolute Gasteiger partial charge is 0.436 e. The zero-order valence-electron chi connectivity index (χ0n) is 13.5. The minimum Gasteiger partial charge on any atom is -0.436 e. The van der Waals surface area contributed by atoms with Crippen molar-refractivity contribution >= 4 is 11.1 Å². The number of aromatic nitrogens is 2. The maximum absolute atomic E-state index is 13.1. The van der Waals surface area contributed by atoms with Crippen LogP contribution in [0.3, 0.4) is 0 Å². The second-order valence-corrected chi connectivity index (χ2v) is 5.83. The SMILES string of the molecule is Cc1ccccc1-c1c2nc(-c3ccc(F)cc3)oc2cc[n+]1C. The summed E-state index contributed by atoms with van der Waals surface area (Å²) >= 11 is 0. The van der Waals surface area contributed by atoms with E-state index < -0.39 is 0 Å². The molecule has 0 unspecified atom stereocenters. The van der Waals surface area contributed by atoms with Gasteiger partial charge in [0.05, 0.1) is 5.56 Å². The first kappa shape index (κ1) is 14.6. The second kappa shape index (κ2) is 5.57. The van der Waals surface area contributed by atoms with Gasteiger partial charge in [-0.1, -0.05) is 18.2 Å². The van der Waals surface area contributed by atoms with Gasteiger partial charge in [-0.3, -0.25) is 0 Å². The number of fused-ring (bicyclic) bond motifs is 1. The summed E-state index contributed by atoms with van der Waals surface area (Å²) in [6.07, 6.45) is 1.96. The van der Waals surface area contributed by atoms with Crippen LogP contribution in [0, 0.1) is 12.7 Å². The minimum absolute atomic E-state index is 0.276. The lowest BCUT2D eigenvalue weighted by Gasteiger charge is -2.03. The molecule has 0 saturated carbocycles. The quantitative estimate of drug-likeness (QED) is 0.511. The van der Waals surface area contributed by atoms with Crippen LogP contribution in [0.15, 0.2) is 65.2 Å². The molecular formula is C20H16FN2O+. The molecule has 24 heavy (non-hydrogen) atoms. The van der Waals surface area contributed by atoms with Gasteiger partial charge in [-0.2, -0.15) is 4.57 Å². The third-order valence-electron chi connectivity index (χ3n) is 4.17. The summed E-state index contributed by atoms with van der Waals surface area (Å²) < 4.78 is 21.1. The summed E-state index contributed by atoms with van der Waals surface area (Å²) in [6, 6.07) is 16.3. The van der Waals surface area contributed by atoms with Gasteiger partial charge in [0, 0.05) is 11.6 Å². The molecule has 2 aromatic heterocycles. The van der Waals surface area contributed by atoms with Gasteiger partial charge in [0.2, 0.25) is 11.6 Å². The number of hydrogen-bond donors (Lipinski definition) is 0. The summed E-state index contributed by atoms with van der Waals surface area (Å²) in [5.41, 5.74) is 5.56. The summed E-state index contributed by atoms with van der Waals surface area (Å²) in [7, 11) is 1.99. The van der Waals surface area contributed by atoms with E-state index >= 15 is 0 Å². The van der Waals surface area contributed by atoms with Gasteiger partial charge in [0.15, 0.2) is 17.3 Å². The van der Waals surface area contributed by atoms with Crippen molar-refractivity contribution in [2.45, 2.75) is 6.92 Å². The van der Waals surface area contributed by atoms with Crippen molar-refractivity contribution in [2.75, 3.05) is 0 Å². The molecule has 4 aromatic rings. The first-order valence-electron chi connectivity index (χ1n) is 7.74. The van der Waals surface area contributed by atoms with Gasteiger partial charge >= 0.3 is 0 Å². The molecule has 0 atom stereocenters. The lowest BCUT2D eigenvalue weighted by Crippen LogP contribution is -2.30. The van der Waals surface area contributed by atoms with Crippen molar-refractivity contribution in [3.63, 3.8) is 0 Å². The number of benzene rings is 2. The first-order valence-corrected chi connectivity index (χ1v) is 7.74. The van der Waals surface area contributed by atoms with Gasteiger partial charge in [0.25, 0.3) is 0 Å². The molecule has 3 nitrogen and oxygen atoms in total. The third-order valence-corrected chi connectivity index (χ3v) is 4.17. The summed E-state index contributed by atoms with van der Waals surface area (Å²) in [6.45, 7) is 2.08. The average Bonchev–Trinajstić information content (AvgIpc) is 3.01. The van der Waals surface area contributed by atoms with E-state index in [2.05, 4.69) is 24.0 Å². The minimum atomic E-state index is -0.276. The number of nitrogens with zero attached hydrogens (tertiary/aromatic N) is 2. The molecule has 0 bridgehead atoms. The van der Waals surface area contributed by atoms with Crippen LogP contribution in [0.5, 0.6) is 0 Å². The normalized spacial score (nSPS) is 11.1. The van der Waals surface area contributed by atoms with Crippen molar-refractivity contribution in [3.8, 4) is 22.7 Å². The Labute approximate surface area is 139 Å². The van der Waals surface area contributed by atoms with E-state index in [-0.39, 0.29) is 5.82 Å². The molecule has 0 saturated heterocycles. The smallest absolute Gasteiger partial charge is 0.242 e. The van der Waals surface area contributed by atoms with E-state index in [1.54, 1.807) is 12.1 Å². The molecule has 2 heterocycles. The first-order chi connectivity index (χ1) is 11.6. The van der Waals surface area contributed by atoms with Crippen LogP contribution in [0.2, 0.25) is 0 Å².